The van der Waals surface area contributed by atoms with Crippen molar-refractivity contribution in [3.8, 4) is 0 Å². The molecule has 5 heteroatoms. The molecule has 1 aromatic rings. The highest BCUT2D eigenvalue weighted by atomic mass is 35.5. The molecule has 118 valence electrons. The lowest BCUT2D eigenvalue weighted by atomic mass is 9.77. The van der Waals surface area contributed by atoms with Crippen molar-refractivity contribution >= 4 is 29.1 Å². The maximum atomic E-state index is 12.9. The van der Waals surface area contributed by atoms with Crippen molar-refractivity contribution in [2.24, 2.45) is 5.41 Å². The highest BCUT2D eigenvalue weighted by molar-refractivity contribution is 6.30. The Kier molecular flexibility index (Phi) is 3.52. The molecule has 0 amide bonds. The molecule has 0 unspecified atom stereocenters. The van der Waals surface area contributed by atoms with Crippen LogP contribution in [0, 0.1) is 5.41 Å². The van der Waals surface area contributed by atoms with Gasteiger partial charge in [0.2, 0.25) is 0 Å². The largest absolute Gasteiger partial charge is 0.447 e. The van der Waals surface area contributed by atoms with Crippen LogP contribution in [0.15, 0.2) is 48.1 Å². The van der Waals surface area contributed by atoms with E-state index in [4.69, 9.17) is 16.3 Å². The third-order valence-corrected chi connectivity index (χ3v) is 4.67. The van der Waals surface area contributed by atoms with Crippen LogP contribution in [0.5, 0.6) is 0 Å². The SMILES string of the molecule is C[C@]1(Cc2ccc(Cl)cc2)C(=O)C=C([C@]2(C)C=CC(=O)O2)C1=O. The Hall–Kier alpha value is -2.20. The van der Waals surface area contributed by atoms with Gasteiger partial charge in [-0.05, 0) is 50.1 Å². The summed E-state index contributed by atoms with van der Waals surface area (Å²) in [5, 5.41) is 0.595. The van der Waals surface area contributed by atoms with Crippen molar-refractivity contribution in [1.82, 2.24) is 0 Å². The van der Waals surface area contributed by atoms with Crippen molar-refractivity contribution in [1.29, 1.82) is 0 Å². The fourth-order valence-electron chi connectivity index (χ4n) is 2.96. The van der Waals surface area contributed by atoms with Crippen LogP contribution in [0.4, 0.5) is 0 Å². The monoisotopic (exact) mass is 330 g/mol. The summed E-state index contributed by atoms with van der Waals surface area (Å²) in [4.78, 5) is 36.7. The van der Waals surface area contributed by atoms with E-state index < -0.39 is 17.0 Å². The average Bonchev–Trinajstić information content (AvgIpc) is 2.95. The smallest absolute Gasteiger partial charge is 0.331 e. The fourth-order valence-corrected chi connectivity index (χ4v) is 3.09. The summed E-state index contributed by atoms with van der Waals surface area (Å²) in [7, 11) is 0. The first kappa shape index (κ1) is 15.7. The number of benzene rings is 1. The molecule has 0 aromatic heterocycles. The number of Topliss-reactive ketones (excluding diaryl/α,β-unsaturated/α-hetero) is 1. The van der Waals surface area contributed by atoms with Gasteiger partial charge in [0.1, 0.15) is 0 Å². The highest BCUT2D eigenvalue weighted by Gasteiger charge is 2.52. The molecule has 0 spiro atoms. The van der Waals surface area contributed by atoms with Crippen LogP contribution in [0.25, 0.3) is 0 Å². The zero-order valence-electron chi connectivity index (χ0n) is 12.8. The number of cyclic esters (lactones) is 1. The number of esters is 1. The van der Waals surface area contributed by atoms with E-state index in [1.807, 2.05) is 0 Å². The molecule has 0 bridgehead atoms. The molecule has 1 heterocycles. The quantitative estimate of drug-likeness (QED) is 0.631. The van der Waals surface area contributed by atoms with E-state index in [1.165, 1.54) is 18.2 Å². The standard InChI is InChI=1S/C18H15ClO4/c1-17(10-11-3-5-12(19)6-4-11)14(20)9-13(16(17)22)18(2)8-7-15(21)23-18/h3-9H,10H2,1-2H3/t17-,18-/m0/s1. The van der Waals surface area contributed by atoms with Crippen LogP contribution in [0.3, 0.4) is 0 Å². The van der Waals surface area contributed by atoms with E-state index in [-0.39, 0.29) is 23.6 Å². The van der Waals surface area contributed by atoms with Gasteiger partial charge in [-0.2, -0.15) is 0 Å². The Morgan fingerprint density at radius 3 is 2.30 bits per heavy atom. The summed E-state index contributed by atoms with van der Waals surface area (Å²) in [5.74, 6) is -1.09. The Bertz CT molecular complexity index is 775. The van der Waals surface area contributed by atoms with Gasteiger partial charge in [0, 0.05) is 16.7 Å². The Morgan fingerprint density at radius 1 is 1.09 bits per heavy atom. The van der Waals surface area contributed by atoms with Crippen molar-refractivity contribution < 1.29 is 19.1 Å². The minimum Gasteiger partial charge on any atom is -0.447 e. The summed E-state index contributed by atoms with van der Waals surface area (Å²) in [6.07, 6.45) is 4.37. The van der Waals surface area contributed by atoms with Crippen molar-refractivity contribution in [2.45, 2.75) is 25.9 Å². The number of ketones is 2. The fraction of sp³-hybridized carbons (Fsp3) is 0.278. The lowest BCUT2D eigenvalue weighted by Gasteiger charge is -2.26. The van der Waals surface area contributed by atoms with Gasteiger partial charge in [-0.3, -0.25) is 9.59 Å². The lowest BCUT2D eigenvalue weighted by molar-refractivity contribution is -0.143. The Morgan fingerprint density at radius 2 is 1.74 bits per heavy atom. The molecule has 0 saturated heterocycles. The molecule has 1 aliphatic carbocycles. The maximum Gasteiger partial charge on any atom is 0.331 e. The number of halogens is 1. The Balaban J connectivity index is 1.90. The molecule has 1 aromatic carbocycles. The minimum atomic E-state index is -1.19. The zero-order valence-corrected chi connectivity index (χ0v) is 13.5. The Labute approximate surface area is 138 Å². The van der Waals surface area contributed by atoms with E-state index in [0.717, 1.165) is 5.56 Å². The highest BCUT2D eigenvalue weighted by Crippen LogP contribution is 2.41. The molecule has 3 rings (SSSR count). The molecular weight excluding hydrogens is 316 g/mol. The van der Waals surface area contributed by atoms with Gasteiger partial charge in [0.25, 0.3) is 0 Å². The average molecular weight is 331 g/mol. The summed E-state index contributed by atoms with van der Waals surface area (Å²) in [5.41, 5.74) is -1.28. The van der Waals surface area contributed by atoms with Gasteiger partial charge in [-0.25, -0.2) is 4.79 Å². The predicted octanol–water partition coefficient (Wildman–Crippen LogP) is 2.84. The van der Waals surface area contributed by atoms with Crippen LogP contribution in [-0.2, 0) is 25.5 Å². The molecule has 2 aliphatic rings. The van der Waals surface area contributed by atoms with Crippen LogP contribution in [-0.4, -0.2) is 23.1 Å². The van der Waals surface area contributed by atoms with E-state index in [0.29, 0.717) is 5.02 Å². The van der Waals surface area contributed by atoms with Gasteiger partial charge < -0.3 is 4.74 Å². The van der Waals surface area contributed by atoms with Gasteiger partial charge in [-0.1, -0.05) is 23.7 Å². The third kappa shape index (κ3) is 2.53. The summed E-state index contributed by atoms with van der Waals surface area (Å²) < 4.78 is 5.20. The number of carbonyl (C=O) groups is 3. The number of hydrogen-bond acceptors (Lipinski definition) is 4. The topological polar surface area (TPSA) is 60.4 Å². The number of allylic oxidation sites excluding steroid dienone is 1. The first-order chi connectivity index (χ1) is 10.7. The molecule has 0 fully saturated rings. The van der Waals surface area contributed by atoms with Crippen LogP contribution >= 0.6 is 11.6 Å². The first-order valence-corrected chi connectivity index (χ1v) is 7.60. The lowest BCUT2D eigenvalue weighted by Crippen LogP contribution is -2.38. The maximum absolute atomic E-state index is 12.9. The second-order valence-corrected chi connectivity index (χ2v) is 6.68. The zero-order chi connectivity index (χ0) is 16.8. The van der Waals surface area contributed by atoms with Gasteiger partial charge >= 0.3 is 5.97 Å². The number of ether oxygens (including phenoxy) is 1. The minimum absolute atomic E-state index is 0.223. The van der Waals surface area contributed by atoms with Gasteiger partial charge in [0.05, 0.1) is 5.41 Å². The van der Waals surface area contributed by atoms with Gasteiger partial charge in [-0.15, -0.1) is 0 Å². The molecule has 1 aliphatic heterocycles. The van der Waals surface area contributed by atoms with Crippen molar-refractivity contribution in [3.63, 3.8) is 0 Å². The van der Waals surface area contributed by atoms with Crippen LogP contribution in [0.2, 0.25) is 5.02 Å². The number of hydrogen-bond donors (Lipinski definition) is 0. The molecule has 0 N–H and O–H groups in total. The summed E-state index contributed by atoms with van der Waals surface area (Å²) in [6.45, 7) is 3.24. The second kappa shape index (κ2) is 5.17. The second-order valence-electron chi connectivity index (χ2n) is 6.25. The van der Waals surface area contributed by atoms with Crippen molar-refractivity contribution in [3.05, 3.63) is 58.7 Å². The van der Waals surface area contributed by atoms with E-state index in [2.05, 4.69) is 0 Å². The summed E-state index contributed by atoms with van der Waals surface area (Å²) in [6, 6.07) is 7.04. The van der Waals surface area contributed by atoms with Crippen LogP contribution in [0.1, 0.15) is 19.4 Å². The number of carbonyl (C=O) groups excluding carboxylic acids is 3. The molecular formula is C18H15ClO4. The third-order valence-electron chi connectivity index (χ3n) is 4.42. The molecule has 0 saturated carbocycles. The molecule has 2 atom stereocenters. The summed E-state index contributed by atoms with van der Waals surface area (Å²) >= 11 is 5.86. The molecule has 0 radical (unpaired) electrons. The number of rotatable bonds is 3. The van der Waals surface area contributed by atoms with Crippen molar-refractivity contribution in [2.75, 3.05) is 0 Å². The van der Waals surface area contributed by atoms with E-state index >= 15 is 0 Å². The first-order valence-electron chi connectivity index (χ1n) is 7.23. The van der Waals surface area contributed by atoms with E-state index in [1.54, 1.807) is 38.1 Å². The van der Waals surface area contributed by atoms with E-state index in [9.17, 15) is 14.4 Å². The normalized spacial score (nSPS) is 29.9. The van der Waals surface area contributed by atoms with Gasteiger partial charge in [0.15, 0.2) is 17.2 Å². The predicted molar refractivity (Wildman–Crippen MR) is 85.0 cm³/mol. The molecule has 23 heavy (non-hydrogen) atoms. The van der Waals surface area contributed by atoms with Crippen LogP contribution < -0.4 is 0 Å². The molecule has 4 nitrogen and oxygen atoms in total.